The molecule has 1 aliphatic rings. The van der Waals surface area contributed by atoms with Crippen molar-refractivity contribution in [1.29, 1.82) is 0 Å². The van der Waals surface area contributed by atoms with E-state index in [2.05, 4.69) is 25.7 Å². The van der Waals surface area contributed by atoms with Gasteiger partial charge in [-0.1, -0.05) is 12.1 Å². The number of rotatable bonds is 3. The lowest BCUT2D eigenvalue weighted by atomic mass is 10.1. The number of anilines is 1. The van der Waals surface area contributed by atoms with E-state index in [-0.39, 0.29) is 39.8 Å². The number of aromatic nitrogens is 4. The summed E-state index contributed by atoms with van der Waals surface area (Å²) in [6, 6.07) is 8.36. The molecule has 3 heterocycles. The molecule has 5 rings (SSSR count). The maximum Gasteiger partial charge on any atom is 0.416 e. The van der Waals surface area contributed by atoms with E-state index < -0.39 is 23.6 Å². The molecular weight excluding hydrogens is 440 g/mol. The quantitative estimate of drug-likeness (QED) is 0.450. The van der Waals surface area contributed by atoms with Crippen LogP contribution in [0.15, 0.2) is 42.5 Å². The minimum Gasteiger partial charge on any atom is -0.354 e. The molecule has 0 spiro atoms. The molecule has 2 aromatic heterocycles. The summed E-state index contributed by atoms with van der Waals surface area (Å²) in [5.74, 6) is -0.647. The number of carbonyl (C=O) groups excluding carboxylic acids is 1. The smallest absolute Gasteiger partial charge is 0.354 e. The molecule has 0 radical (unpaired) electrons. The van der Waals surface area contributed by atoms with Crippen molar-refractivity contribution >= 4 is 28.4 Å². The molecule has 1 amide bonds. The molecule has 0 unspecified atom stereocenters. The highest BCUT2D eigenvalue weighted by atomic mass is 19.4. The molecule has 0 bridgehead atoms. The lowest BCUT2D eigenvalue weighted by molar-refractivity contribution is -0.137. The van der Waals surface area contributed by atoms with Crippen LogP contribution >= 0.6 is 0 Å². The number of nitrogens with one attached hydrogen (secondary N) is 2. The van der Waals surface area contributed by atoms with E-state index in [1.807, 2.05) is 0 Å². The second-order valence-electron chi connectivity index (χ2n) is 7.80. The van der Waals surface area contributed by atoms with Crippen LogP contribution in [-0.4, -0.2) is 38.1 Å². The normalized spacial score (nSPS) is 17.2. The summed E-state index contributed by atoms with van der Waals surface area (Å²) >= 11 is 0. The van der Waals surface area contributed by atoms with E-state index in [9.17, 15) is 22.4 Å². The number of nitrogens with zero attached hydrogens (tertiary/aromatic N) is 4. The van der Waals surface area contributed by atoms with E-state index in [1.165, 1.54) is 28.8 Å². The number of alkyl halides is 3. The van der Waals surface area contributed by atoms with Gasteiger partial charge in [0.25, 0.3) is 0 Å². The van der Waals surface area contributed by atoms with Crippen LogP contribution in [0.5, 0.6) is 0 Å². The first-order chi connectivity index (χ1) is 15.8. The van der Waals surface area contributed by atoms with Crippen molar-refractivity contribution < 1.29 is 22.4 Å². The van der Waals surface area contributed by atoms with Crippen molar-refractivity contribution in [3.63, 3.8) is 0 Å². The number of hydrogen-bond acceptors (Lipinski definition) is 5. The average Bonchev–Trinajstić information content (AvgIpc) is 3.13. The van der Waals surface area contributed by atoms with Gasteiger partial charge in [-0.25, -0.2) is 14.4 Å². The Labute approximate surface area is 184 Å². The fourth-order valence-corrected chi connectivity index (χ4v) is 3.87. The molecule has 1 saturated heterocycles. The number of fused-ring (bicyclic) bond motifs is 3. The van der Waals surface area contributed by atoms with Gasteiger partial charge in [0.15, 0.2) is 11.5 Å². The third-order valence-corrected chi connectivity index (χ3v) is 5.55. The van der Waals surface area contributed by atoms with Crippen molar-refractivity contribution in [1.82, 2.24) is 24.9 Å². The van der Waals surface area contributed by atoms with Gasteiger partial charge in [-0.2, -0.15) is 17.7 Å². The summed E-state index contributed by atoms with van der Waals surface area (Å²) in [6.07, 6.45) is -2.37. The molecule has 11 heteroatoms. The molecule has 1 atom stereocenters. The number of halogens is 4. The summed E-state index contributed by atoms with van der Waals surface area (Å²) in [5, 5.41) is 10.3. The van der Waals surface area contributed by atoms with Gasteiger partial charge in [0.05, 0.1) is 16.6 Å². The maximum absolute atomic E-state index is 14.4. The second kappa shape index (κ2) is 7.98. The number of hydrogen-bond donors (Lipinski definition) is 2. The Hall–Kier alpha value is -3.76. The summed E-state index contributed by atoms with van der Waals surface area (Å²) in [5.41, 5.74) is -0.460. The third-order valence-electron chi connectivity index (χ3n) is 5.55. The fourth-order valence-electron chi connectivity index (χ4n) is 3.87. The Morgan fingerprint density at radius 2 is 1.91 bits per heavy atom. The summed E-state index contributed by atoms with van der Waals surface area (Å²) < 4.78 is 55.6. The lowest BCUT2D eigenvalue weighted by Crippen LogP contribution is -2.38. The second-order valence-corrected chi connectivity index (χ2v) is 7.80. The summed E-state index contributed by atoms with van der Waals surface area (Å²) in [7, 11) is 0. The van der Waals surface area contributed by atoms with Crippen molar-refractivity contribution in [2.24, 2.45) is 0 Å². The first-order valence-electron chi connectivity index (χ1n) is 10.4. The maximum atomic E-state index is 14.4. The summed E-state index contributed by atoms with van der Waals surface area (Å²) in [6.45, 7) is 0.568. The molecule has 0 saturated carbocycles. The molecule has 4 aromatic rings. The molecule has 33 heavy (non-hydrogen) atoms. The Kier molecular flexibility index (Phi) is 5.10. The zero-order valence-electron chi connectivity index (χ0n) is 17.2. The van der Waals surface area contributed by atoms with Crippen LogP contribution in [-0.2, 0) is 11.0 Å². The van der Waals surface area contributed by atoms with E-state index >= 15 is 0 Å². The Morgan fingerprint density at radius 1 is 1.09 bits per heavy atom. The highest BCUT2D eigenvalue weighted by Crippen LogP contribution is 2.33. The fraction of sp³-hybridized carbons (Fsp3) is 0.273. The number of carbonyl (C=O) groups is 1. The molecule has 2 N–H and O–H groups in total. The Bertz CT molecular complexity index is 1370. The summed E-state index contributed by atoms with van der Waals surface area (Å²) in [4.78, 5) is 21.2. The van der Waals surface area contributed by atoms with Crippen molar-refractivity contribution in [2.75, 3.05) is 11.9 Å². The predicted molar refractivity (Wildman–Crippen MR) is 113 cm³/mol. The van der Waals surface area contributed by atoms with Crippen LogP contribution in [0.4, 0.5) is 23.5 Å². The average molecular weight is 458 g/mol. The van der Waals surface area contributed by atoms with E-state index in [0.29, 0.717) is 13.0 Å². The standard InChI is InChI=1S/C22H18F4N6O/c23-15-6-2-1-5-13(15)18-30-19-14-11-12(22(24,25)26)8-9-16(14)28-21(32(19)31-18)29-17-7-3-4-10-27-20(17)33/h1-2,5-6,8-9,11,17H,3-4,7,10H2,(H,27,33)(H,28,29)/t17-/m1/s1. The van der Waals surface area contributed by atoms with Crippen LogP contribution < -0.4 is 10.6 Å². The van der Waals surface area contributed by atoms with E-state index in [4.69, 9.17) is 0 Å². The van der Waals surface area contributed by atoms with Crippen molar-refractivity contribution in [2.45, 2.75) is 31.5 Å². The van der Waals surface area contributed by atoms with Crippen molar-refractivity contribution in [3.05, 3.63) is 53.8 Å². The van der Waals surface area contributed by atoms with Crippen LogP contribution in [0.2, 0.25) is 0 Å². The van der Waals surface area contributed by atoms with Crippen molar-refractivity contribution in [3.8, 4) is 11.4 Å². The minimum absolute atomic E-state index is 0.00632. The molecule has 2 aromatic carbocycles. The monoisotopic (exact) mass is 458 g/mol. The predicted octanol–water partition coefficient (Wildman–Crippen LogP) is 4.18. The molecule has 1 aliphatic heterocycles. The van der Waals surface area contributed by atoms with Gasteiger partial charge in [-0.05, 0) is 49.6 Å². The number of amides is 1. The van der Waals surface area contributed by atoms with Crippen LogP contribution in [0.1, 0.15) is 24.8 Å². The van der Waals surface area contributed by atoms with Crippen LogP contribution in [0, 0.1) is 5.82 Å². The molecule has 7 nitrogen and oxygen atoms in total. The van der Waals surface area contributed by atoms with Gasteiger partial charge in [-0.15, -0.1) is 5.10 Å². The van der Waals surface area contributed by atoms with Gasteiger partial charge in [0.2, 0.25) is 11.9 Å². The van der Waals surface area contributed by atoms with E-state index in [1.54, 1.807) is 6.07 Å². The van der Waals surface area contributed by atoms with Gasteiger partial charge < -0.3 is 10.6 Å². The zero-order chi connectivity index (χ0) is 23.2. The Morgan fingerprint density at radius 3 is 2.70 bits per heavy atom. The Balaban J connectivity index is 1.72. The first kappa shape index (κ1) is 21.1. The largest absolute Gasteiger partial charge is 0.416 e. The van der Waals surface area contributed by atoms with Gasteiger partial charge in [0.1, 0.15) is 11.9 Å². The number of benzene rings is 2. The van der Waals surface area contributed by atoms with Gasteiger partial charge in [-0.3, -0.25) is 4.79 Å². The van der Waals surface area contributed by atoms with Crippen LogP contribution in [0.25, 0.3) is 27.9 Å². The van der Waals surface area contributed by atoms with Gasteiger partial charge in [0, 0.05) is 11.9 Å². The SMILES string of the molecule is O=C1NCCCC[C@H]1Nc1nc2ccc(C(F)(F)F)cc2c2nc(-c3ccccc3F)nn12. The topological polar surface area (TPSA) is 84.2 Å². The van der Waals surface area contributed by atoms with E-state index in [0.717, 1.165) is 25.0 Å². The molecule has 1 fully saturated rings. The molecule has 170 valence electrons. The first-order valence-corrected chi connectivity index (χ1v) is 10.4. The minimum atomic E-state index is -4.56. The molecular formula is C22H18F4N6O. The third kappa shape index (κ3) is 3.94. The highest BCUT2D eigenvalue weighted by molar-refractivity contribution is 5.94. The zero-order valence-corrected chi connectivity index (χ0v) is 17.2. The van der Waals surface area contributed by atoms with Crippen LogP contribution in [0.3, 0.4) is 0 Å². The lowest BCUT2D eigenvalue weighted by Gasteiger charge is -2.17. The van der Waals surface area contributed by atoms with Gasteiger partial charge >= 0.3 is 6.18 Å². The highest BCUT2D eigenvalue weighted by Gasteiger charge is 2.31. The molecule has 0 aliphatic carbocycles.